The molecular weight excluding hydrogens is 454 g/mol. The number of aryl methyl sites for hydroxylation is 1. The molecule has 1 aromatic carbocycles. The number of alkyl halides is 1. The molecule has 1 aromatic heterocycles. The van der Waals surface area contributed by atoms with E-state index >= 15 is 0 Å². The number of carbonyl (C=O) groups is 2. The molecule has 4 aliphatic carbocycles. The van der Waals surface area contributed by atoms with Gasteiger partial charge in [0.1, 0.15) is 13.2 Å². The van der Waals surface area contributed by atoms with Gasteiger partial charge in [0.25, 0.3) is 0 Å². The van der Waals surface area contributed by atoms with Crippen molar-refractivity contribution in [3.05, 3.63) is 41.2 Å². The number of hydrogen-bond donors (Lipinski definition) is 0. The number of aromatic nitrogens is 1. The Morgan fingerprint density at radius 3 is 2.47 bits per heavy atom. The smallest absolute Gasteiger partial charge is 0.312 e. The van der Waals surface area contributed by atoms with Gasteiger partial charge in [-0.25, -0.2) is 0 Å². The number of Topliss-reactive ketones (excluding diaryl/α,β-unsaturated/α-hetero) is 1. The van der Waals surface area contributed by atoms with Crippen LogP contribution < -0.4 is 9.47 Å². The van der Waals surface area contributed by atoms with Crippen molar-refractivity contribution in [3.63, 3.8) is 0 Å². The Balaban J connectivity index is 1.19. The van der Waals surface area contributed by atoms with Crippen molar-refractivity contribution in [2.24, 2.45) is 17.3 Å². The molecule has 180 valence electrons. The van der Waals surface area contributed by atoms with Crippen molar-refractivity contribution >= 4 is 23.4 Å². The van der Waals surface area contributed by atoms with Crippen molar-refractivity contribution in [2.75, 3.05) is 19.8 Å². The quantitative estimate of drug-likeness (QED) is 0.333. The van der Waals surface area contributed by atoms with Gasteiger partial charge in [-0.15, -0.1) is 11.6 Å². The van der Waals surface area contributed by atoms with Crippen LogP contribution in [0.25, 0.3) is 5.69 Å². The largest absolute Gasteiger partial charge is 0.486 e. The Morgan fingerprint density at radius 2 is 1.76 bits per heavy atom. The van der Waals surface area contributed by atoms with Crippen LogP contribution in [-0.2, 0) is 9.53 Å². The number of fused-ring (bicyclic) bond motifs is 1. The van der Waals surface area contributed by atoms with Gasteiger partial charge >= 0.3 is 5.97 Å². The van der Waals surface area contributed by atoms with Crippen molar-refractivity contribution < 1.29 is 23.8 Å². The van der Waals surface area contributed by atoms with E-state index in [1.54, 1.807) is 0 Å². The van der Waals surface area contributed by atoms with Crippen LogP contribution >= 0.6 is 11.6 Å². The predicted octanol–water partition coefficient (Wildman–Crippen LogP) is 5.17. The van der Waals surface area contributed by atoms with Gasteiger partial charge in [-0.2, -0.15) is 0 Å². The lowest BCUT2D eigenvalue weighted by Crippen LogP contribution is -2.56. The van der Waals surface area contributed by atoms with Gasteiger partial charge in [0, 0.05) is 33.6 Å². The monoisotopic (exact) mass is 483 g/mol. The summed E-state index contributed by atoms with van der Waals surface area (Å²) in [6.45, 7) is 4.69. The molecular formula is C27H30ClNO5. The molecule has 6 nitrogen and oxygen atoms in total. The summed E-state index contributed by atoms with van der Waals surface area (Å²) in [6, 6.07) is 7.64. The number of rotatable bonds is 5. The van der Waals surface area contributed by atoms with Gasteiger partial charge in [-0.3, -0.25) is 9.59 Å². The second-order valence-corrected chi connectivity index (χ2v) is 11.6. The fourth-order valence-electron chi connectivity index (χ4n) is 7.37. The fourth-order valence-corrected chi connectivity index (χ4v) is 8.06. The Morgan fingerprint density at radius 1 is 1.06 bits per heavy atom. The van der Waals surface area contributed by atoms with Crippen LogP contribution in [0.4, 0.5) is 0 Å². The number of nitrogens with zero attached hydrogens (tertiary/aromatic N) is 1. The summed E-state index contributed by atoms with van der Waals surface area (Å²) in [7, 11) is 0. The van der Waals surface area contributed by atoms with Crippen molar-refractivity contribution in [2.45, 2.75) is 57.2 Å². The number of hydrogen-bond acceptors (Lipinski definition) is 5. The lowest BCUT2D eigenvalue weighted by atomic mass is 9.49. The molecule has 2 unspecified atom stereocenters. The average molecular weight is 484 g/mol. The van der Waals surface area contributed by atoms with Crippen molar-refractivity contribution in [3.8, 4) is 17.2 Å². The summed E-state index contributed by atoms with van der Waals surface area (Å²) < 4.78 is 19.0. The molecule has 0 radical (unpaired) electrons. The minimum absolute atomic E-state index is 0.185. The minimum Gasteiger partial charge on any atom is -0.486 e. The lowest BCUT2D eigenvalue weighted by Gasteiger charge is -2.58. The van der Waals surface area contributed by atoms with E-state index in [9.17, 15) is 9.59 Å². The van der Waals surface area contributed by atoms with Crippen LogP contribution in [0, 0.1) is 31.1 Å². The molecule has 2 atom stereocenters. The van der Waals surface area contributed by atoms with E-state index in [-0.39, 0.29) is 23.2 Å². The summed E-state index contributed by atoms with van der Waals surface area (Å²) in [5.74, 6) is 2.02. The third-order valence-electron chi connectivity index (χ3n) is 8.27. The molecule has 5 aliphatic rings. The molecule has 0 N–H and O–H groups in total. The van der Waals surface area contributed by atoms with E-state index in [4.69, 9.17) is 25.8 Å². The Labute approximate surface area is 204 Å². The molecule has 7 rings (SSSR count). The zero-order chi connectivity index (χ0) is 23.7. The number of benzene rings is 1. The van der Waals surface area contributed by atoms with Gasteiger partial charge < -0.3 is 18.8 Å². The first-order chi connectivity index (χ1) is 16.3. The maximum absolute atomic E-state index is 13.2. The lowest BCUT2D eigenvalue weighted by molar-refractivity contribution is -0.168. The van der Waals surface area contributed by atoms with Gasteiger partial charge in [-0.1, -0.05) is 0 Å². The van der Waals surface area contributed by atoms with Crippen molar-refractivity contribution in [1.29, 1.82) is 0 Å². The van der Waals surface area contributed by atoms with E-state index in [1.165, 1.54) is 6.42 Å². The molecule has 0 amide bonds. The normalized spacial score (nSPS) is 30.9. The maximum Gasteiger partial charge on any atom is 0.312 e. The highest BCUT2D eigenvalue weighted by Crippen LogP contribution is 2.64. The predicted molar refractivity (Wildman–Crippen MR) is 127 cm³/mol. The molecule has 7 heteroatoms. The van der Waals surface area contributed by atoms with Crippen LogP contribution in [0.3, 0.4) is 0 Å². The molecule has 2 heterocycles. The number of esters is 1. The topological polar surface area (TPSA) is 66.8 Å². The van der Waals surface area contributed by atoms with E-state index in [0.29, 0.717) is 42.8 Å². The standard InChI is InChI=1S/C27H30ClNO5/c1-16-7-21(17(2)29(16)20-3-4-23-24(9-20)33-6-5-32-23)22(30)14-34-25(31)26-10-18-8-19(11-26)13-27(28,12-18)15-26/h3-4,7,9,18-19H,5-6,8,10-15H2,1-2H3. The van der Waals surface area contributed by atoms with E-state index in [2.05, 4.69) is 0 Å². The Bertz CT molecular complexity index is 1170. The van der Waals surface area contributed by atoms with Gasteiger partial charge in [-0.05, 0) is 82.4 Å². The minimum atomic E-state index is -0.506. The third kappa shape index (κ3) is 3.53. The van der Waals surface area contributed by atoms with E-state index < -0.39 is 5.41 Å². The first-order valence-corrected chi connectivity index (χ1v) is 12.6. The summed E-state index contributed by atoms with van der Waals surface area (Å²) >= 11 is 6.87. The number of halogens is 1. The molecule has 0 spiro atoms. The molecule has 34 heavy (non-hydrogen) atoms. The van der Waals surface area contributed by atoms with Crippen LogP contribution in [0.15, 0.2) is 24.3 Å². The van der Waals surface area contributed by atoms with E-state index in [0.717, 1.165) is 48.5 Å². The molecule has 1 aliphatic heterocycles. The summed E-state index contributed by atoms with van der Waals surface area (Å²) in [5.41, 5.74) is 2.70. The van der Waals surface area contributed by atoms with Crippen LogP contribution in [0.2, 0.25) is 0 Å². The Hall–Kier alpha value is -2.47. The second kappa shape index (κ2) is 7.77. The summed E-state index contributed by atoms with van der Waals surface area (Å²) in [5, 5.41) is 0. The summed E-state index contributed by atoms with van der Waals surface area (Å²) in [4.78, 5) is 26.1. The zero-order valence-corrected chi connectivity index (χ0v) is 20.5. The molecule has 2 aromatic rings. The highest BCUT2D eigenvalue weighted by atomic mass is 35.5. The molecule has 4 saturated carbocycles. The molecule has 0 saturated heterocycles. The number of carbonyl (C=O) groups excluding carboxylic acids is 2. The maximum atomic E-state index is 13.2. The molecule has 4 fully saturated rings. The van der Waals surface area contributed by atoms with Crippen molar-refractivity contribution in [1.82, 2.24) is 4.57 Å². The van der Waals surface area contributed by atoms with Crippen LogP contribution in [0.1, 0.15) is 60.3 Å². The summed E-state index contributed by atoms with van der Waals surface area (Å²) in [6.07, 6.45) is 5.57. The SMILES string of the molecule is Cc1cc(C(=O)COC(=O)C23CC4CC(CC(Cl)(C4)C2)C3)c(C)n1-c1ccc2c(c1)OCCO2. The first-order valence-electron chi connectivity index (χ1n) is 12.2. The second-order valence-electron chi connectivity index (χ2n) is 10.8. The van der Waals surface area contributed by atoms with Crippen LogP contribution in [0.5, 0.6) is 11.5 Å². The zero-order valence-electron chi connectivity index (χ0n) is 19.7. The fraction of sp³-hybridized carbons (Fsp3) is 0.556. The number of ketones is 1. The molecule has 4 bridgehead atoms. The van der Waals surface area contributed by atoms with Gasteiger partial charge in [0.15, 0.2) is 18.1 Å². The van der Waals surface area contributed by atoms with Crippen LogP contribution in [-0.4, -0.2) is 41.0 Å². The number of ether oxygens (including phenoxy) is 3. The Kier molecular flexibility index (Phi) is 5.03. The highest BCUT2D eigenvalue weighted by molar-refractivity contribution is 6.24. The average Bonchev–Trinajstić information content (AvgIpc) is 3.09. The third-order valence-corrected chi connectivity index (χ3v) is 8.71. The first kappa shape index (κ1) is 22.0. The van der Waals surface area contributed by atoms with E-state index in [1.807, 2.05) is 42.7 Å². The van der Waals surface area contributed by atoms with Gasteiger partial charge in [0.2, 0.25) is 5.78 Å². The van der Waals surface area contributed by atoms with Gasteiger partial charge in [0.05, 0.1) is 5.41 Å². The highest BCUT2D eigenvalue weighted by Gasteiger charge is 2.60.